The molecule has 0 heterocycles. The normalized spacial score (nSPS) is 14.4. The van der Waals surface area contributed by atoms with Crippen molar-refractivity contribution in [1.29, 1.82) is 0 Å². The largest absolute Gasteiger partial charge is 0.344 e. The van der Waals surface area contributed by atoms with E-state index in [1.54, 1.807) is 18.2 Å². The number of rotatable bonds is 7. The molecule has 0 bridgehead atoms. The third-order valence-corrected chi connectivity index (χ3v) is 4.11. The number of nitrogens with two attached hydrogens (primary N) is 1. The van der Waals surface area contributed by atoms with Crippen LogP contribution >= 0.6 is 0 Å². The predicted octanol–water partition coefficient (Wildman–Crippen LogP) is 2.40. The third kappa shape index (κ3) is 5.22. The first-order valence-corrected chi connectivity index (χ1v) is 8.17. The quantitative estimate of drug-likeness (QED) is 0.812. The number of halogens is 1. The van der Waals surface area contributed by atoms with Crippen molar-refractivity contribution in [1.82, 2.24) is 5.32 Å². The molecule has 2 aromatic carbocycles. The smallest absolute Gasteiger partial charge is 0.240 e. The van der Waals surface area contributed by atoms with Gasteiger partial charge >= 0.3 is 0 Å². The Balaban J connectivity index is 2.08. The number of hydrogen-bond donors (Lipinski definition) is 2. The Labute approximate surface area is 147 Å². The van der Waals surface area contributed by atoms with E-state index in [9.17, 15) is 14.0 Å². The molecule has 0 fully saturated rings. The van der Waals surface area contributed by atoms with Gasteiger partial charge in [0.1, 0.15) is 5.82 Å². The lowest BCUT2D eigenvalue weighted by molar-refractivity contribution is -0.130. The Morgan fingerprint density at radius 1 is 1.12 bits per heavy atom. The molecule has 0 radical (unpaired) electrons. The van der Waals surface area contributed by atoms with Crippen molar-refractivity contribution in [2.75, 3.05) is 0 Å². The van der Waals surface area contributed by atoms with Crippen molar-refractivity contribution in [3.8, 4) is 0 Å². The van der Waals surface area contributed by atoms with Crippen LogP contribution in [0.5, 0.6) is 0 Å². The van der Waals surface area contributed by atoms with Crippen LogP contribution in [-0.2, 0) is 22.4 Å². The highest BCUT2D eigenvalue weighted by Crippen LogP contribution is 2.15. The summed E-state index contributed by atoms with van der Waals surface area (Å²) in [6, 6.07) is 15.0. The van der Waals surface area contributed by atoms with E-state index in [1.807, 2.05) is 30.3 Å². The maximum Gasteiger partial charge on any atom is 0.240 e. The van der Waals surface area contributed by atoms with Gasteiger partial charge in [-0.2, -0.15) is 0 Å². The van der Waals surface area contributed by atoms with Gasteiger partial charge in [0.15, 0.2) is 5.78 Å². The van der Waals surface area contributed by atoms with Gasteiger partial charge in [0.25, 0.3) is 0 Å². The van der Waals surface area contributed by atoms with Crippen molar-refractivity contribution in [3.05, 3.63) is 71.5 Å². The molecule has 0 unspecified atom stereocenters. The molecule has 4 nitrogen and oxygen atoms in total. The van der Waals surface area contributed by atoms with E-state index in [-0.39, 0.29) is 12.2 Å². The molecule has 3 N–H and O–H groups in total. The SMILES string of the molecule is CC(=O)[C@H](Cc1ccccc1)NC(=O)[C@@](C)(N)Cc1ccccc1F. The topological polar surface area (TPSA) is 72.2 Å². The number of carbonyl (C=O) groups excluding carboxylic acids is 2. The van der Waals surface area contributed by atoms with Gasteiger partial charge in [-0.05, 0) is 37.5 Å². The summed E-state index contributed by atoms with van der Waals surface area (Å²) in [6.07, 6.45) is 0.430. The summed E-state index contributed by atoms with van der Waals surface area (Å²) >= 11 is 0. The molecule has 2 aromatic rings. The second-order valence-corrected chi connectivity index (χ2v) is 6.51. The number of benzene rings is 2. The van der Waals surface area contributed by atoms with Crippen LogP contribution in [0.25, 0.3) is 0 Å². The van der Waals surface area contributed by atoms with E-state index < -0.39 is 23.3 Å². The molecule has 0 spiro atoms. The molecule has 0 aliphatic rings. The van der Waals surface area contributed by atoms with Crippen LogP contribution in [0.4, 0.5) is 4.39 Å². The Hall–Kier alpha value is -2.53. The van der Waals surface area contributed by atoms with Crippen molar-refractivity contribution in [2.24, 2.45) is 5.73 Å². The molecule has 0 aliphatic carbocycles. The summed E-state index contributed by atoms with van der Waals surface area (Å²) in [7, 11) is 0. The van der Waals surface area contributed by atoms with Gasteiger partial charge in [-0.15, -0.1) is 0 Å². The summed E-state index contributed by atoms with van der Waals surface area (Å²) in [5.74, 6) is -1.04. The Bertz CT molecular complexity index is 744. The van der Waals surface area contributed by atoms with Gasteiger partial charge < -0.3 is 11.1 Å². The van der Waals surface area contributed by atoms with Crippen LogP contribution in [-0.4, -0.2) is 23.3 Å². The Morgan fingerprint density at radius 3 is 2.32 bits per heavy atom. The van der Waals surface area contributed by atoms with E-state index in [4.69, 9.17) is 5.73 Å². The van der Waals surface area contributed by atoms with E-state index >= 15 is 0 Å². The number of hydrogen-bond acceptors (Lipinski definition) is 3. The Morgan fingerprint density at radius 2 is 1.72 bits per heavy atom. The first-order chi connectivity index (χ1) is 11.8. The van der Waals surface area contributed by atoms with Gasteiger partial charge in [0, 0.05) is 6.42 Å². The number of carbonyl (C=O) groups is 2. The van der Waals surface area contributed by atoms with E-state index in [0.29, 0.717) is 12.0 Å². The highest BCUT2D eigenvalue weighted by molar-refractivity contribution is 5.92. The van der Waals surface area contributed by atoms with Crippen LogP contribution in [0.1, 0.15) is 25.0 Å². The van der Waals surface area contributed by atoms with E-state index in [1.165, 1.54) is 19.9 Å². The van der Waals surface area contributed by atoms with Gasteiger partial charge in [-0.3, -0.25) is 9.59 Å². The lowest BCUT2D eigenvalue weighted by Gasteiger charge is -2.27. The Kier molecular flexibility index (Phi) is 6.04. The van der Waals surface area contributed by atoms with Crippen LogP contribution in [0.15, 0.2) is 54.6 Å². The van der Waals surface area contributed by atoms with Crippen molar-refractivity contribution in [2.45, 2.75) is 38.3 Å². The average Bonchev–Trinajstić information content (AvgIpc) is 2.57. The molecule has 0 aromatic heterocycles. The molecule has 132 valence electrons. The summed E-state index contributed by atoms with van der Waals surface area (Å²) < 4.78 is 13.8. The second-order valence-electron chi connectivity index (χ2n) is 6.51. The molecule has 0 saturated carbocycles. The van der Waals surface area contributed by atoms with E-state index in [0.717, 1.165) is 5.56 Å². The predicted molar refractivity (Wildman–Crippen MR) is 95.5 cm³/mol. The fraction of sp³-hybridized carbons (Fsp3) is 0.300. The third-order valence-electron chi connectivity index (χ3n) is 4.11. The molecule has 5 heteroatoms. The molecule has 2 atom stereocenters. The zero-order valence-electron chi connectivity index (χ0n) is 14.5. The van der Waals surface area contributed by atoms with E-state index in [2.05, 4.69) is 5.32 Å². The molecule has 25 heavy (non-hydrogen) atoms. The number of nitrogens with one attached hydrogen (secondary N) is 1. The monoisotopic (exact) mass is 342 g/mol. The lowest BCUT2D eigenvalue weighted by Crippen LogP contribution is -2.57. The summed E-state index contributed by atoms with van der Waals surface area (Å²) in [5.41, 5.74) is 6.09. The molecule has 0 aliphatic heterocycles. The number of amides is 1. The standard InChI is InChI=1S/C20H23FN2O2/c1-14(24)18(12-15-8-4-3-5-9-15)23-19(25)20(2,22)13-16-10-6-7-11-17(16)21/h3-11,18H,12-13,22H2,1-2H3,(H,23,25)/t18-,20-/m0/s1. The highest BCUT2D eigenvalue weighted by atomic mass is 19.1. The van der Waals surface area contributed by atoms with Crippen LogP contribution in [0, 0.1) is 5.82 Å². The molecule has 0 saturated heterocycles. The maximum atomic E-state index is 13.8. The fourth-order valence-electron chi connectivity index (χ4n) is 2.59. The van der Waals surface area contributed by atoms with Crippen molar-refractivity contribution >= 4 is 11.7 Å². The van der Waals surface area contributed by atoms with Gasteiger partial charge in [-0.1, -0.05) is 48.5 Å². The second kappa shape index (κ2) is 8.03. The minimum atomic E-state index is -1.33. The highest BCUT2D eigenvalue weighted by Gasteiger charge is 2.32. The number of Topliss-reactive ketones (excluding diaryl/α,β-unsaturated/α-hetero) is 1. The summed E-state index contributed by atoms with van der Waals surface area (Å²) in [5, 5.41) is 2.71. The molecular weight excluding hydrogens is 319 g/mol. The fourth-order valence-corrected chi connectivity index (χ4v) is 2.59. The zero-order chi connectivity index (χ0) is 18.4. The van der Waals surface area contributed by atoms with Gasteiger partial charge in [0.2, 0.25) is 5.91 Å². The lowest BCUT2D eigenvalue weighted by atomic mass is 9.91. The van der Waals surface area contributed by atoms with Gasteiger partial charge in [-0.25, -0.2) is 4.39 Å². The summed E-state index contributed by atoms with van der Waals surface area (Å²) in [4.78, 5) is 24.5. The zero-order valence-corrected chi connectivity index (χ0v) is 14.5. The molecular formula is C20H23FN2O2. The maximum absolute atomic E-state index is 13.8. The number of ketones is 1. The van der Waals surface area contributed by atoms with Crippen LogP contribution < -0.4 is 11.1 Å². The molecule has 2 rings (SSSR count). The first kappa shape index (κ1) is 18.8. The minimum Gasteiger partial charge on any atom is -0.344 e. The molecule has 1 amide bonds. The van der Waals surface area contributed by atoms with Crippen LogP contribution in [0.3, 0.4) is 0 Å². The average molecular weight is 342 g/mol. The van der Waals surface area contributed by atoms with Crippen molar-refractivity contribution < 1.29 is 14.0 Å². The minimum absolute atomic E-state index is 0.0431. The summed E-state index contributed by atoms with van der Waals surface area (Å²) in [6.45, 7) is 2.97. The van der Waals surface area contributed by atoms with Crippen molar-refractivity contribution in [3.63, 3.8) is 0 Å². The van der Waals surface area contributed by atoms with Crippen LogP contribution in [0.2, 0.25) is 0 Å². The van der Waals surface area contributed by atoms with Gasteiger partial charge in [0.05, 0.1) is 11.6 Å². The first-order valence-electron chi connectivity index (χ1n) is 8.17.